The Labute approximate surface area is 171 Å². The van der Waals surface area contributed by atoms with Gasteiger partial charge in [-0.3, -0.25) is 14.6 Å². The Morgan fingerprint density at radius 3 is 2.62 bits per heavy atom. The zero-order chi connectivity index (χ0) is 20.3. The molecule has 1 fully saturated rings. The minimum atomic E-state index is -0.647. The van der Waals surface area contributed by atoms with E-state index in [9.17, 15) is 9.59 Å². The standard InChI is InChI=1S/C22H29N5O2/c28-21(19-7-2-1-3-8-19)26-20(16-18-6-4-9-24-17-18)22(29)25-10-5-13-27-14-11-23-12-15-27/h1-4,6-9,17,20,23H,5,10-16H2,(H,25,29)(H,26,28). The summed E-state index contributed by atoms with van der Waals surface area (Å²) < 4.78 is 0. The van der Waals surface area contributed by atoms with Gasteiger partial charge < -0.3 is 20.9 Å². The average molecular weight is 396 g/mol. The quantitative estimate of drug-likeness (QED) is 0.548. The van der Waals surface area contributed by atoms with Gasteiger partial charge >= 0.3 is 0 Å². The van der Waals surface area contributed by atoms with Crippen LogP contribution in [0.3, 0.4) is 0 Å². The molecule has 0 bridgehead atoms. The van der Waals surface area contributed by atoms with Gasteiger partial charge in [0.1, 0.15) is 6.04 Å². The van der Waals surface area contributed by atoms with Crippen molar-refractivity contribution < 1.29 is 9.59 Å². The van der Waals surface area contributed by atoms with Crippen LogP contribution < -0.4 is 16.0 Å². The summed E-state index contributed by atoms with van der Waals surface area (Å²) in [6.07, 6.45) is 4.70. The Morgan fingerprint density at radius 2 is 1.90 bits per heavy atom. The fourth-order valence-corrected chi connectivity index (χ4v) is 3.37. The number of hydrogen-bond donors (Lipinski definition) is 3. The number of rotatable bonds is 9. The van der Waals surface area contributed by atoms with Gasteiger partial charge in [-0.1, -0.05) is 24.3 Å². The van der Waals surface area contributed by atoms with Crippen LogP contribution >= 0.6 is 0 Å². The maximum atomic E-state index is 12.8. The molecule has 3 N–H and O–H groups in total. The zero-order valence-electron chi connectivity index (χ0n) is 16.6. The van der Waals surface area contributed by atoms with E-state index in [1.54, 1.807) is 36.7 Å². The van der Waals surface area contributed by atoms with E-state index in [1.165, 1.54) is 0 Å². The number of piperazine rings is 1. The first-order valence-electron chi connectivity index (χ1n) is 10.2. The van der Waals surface area contributed by atoms with E-state index in [0.717, 1.165) is 44.7 Å². The van der Waals surface area contributed by atoms with E-state index >= 15 is 0 Å². The van der Waals surface area contributed by atoms with Crippen molar-refractivity contribution in [1.29, 1.82) is 0 Å². The molecule has 1 saturated heterocycles. The molecule has 2 aromatic rings. The molecule has 154 valence electrons. The van der Waals surface area contributed by atoms with Crippen LogP contribution in [0.1, 0.15) is 22.3 Å². The summed E-state index contributed by atoms with van der Waals surface area (Å²) in [5, 5.41) is 9.19. The van der Waals surface area contributed by atoms with Crippen LogP contribution in [0.4, 0.5) is 0 Å². The van der Waals surface area contributed by atoms with Crippen molar-refractivity contribution in [2.75, 3.05) is 39.3 Å². The highest BCUT2D eigenvalue weighted by atomic mass is 16.2. The normalized spacial score (nSPS) is 15.4. The van der Waals surface area contributed by atoms with Crippen molar-refractivity contribution in [1.82, 2.24) is 25.8 Å². The Morgan fingerprint density at radius 1 is 1.10 bits per heavy atom. The van der Waals surface area contributed by atoms with Crippen LogP contribution in [0.5, 0.6) is 0 Å². The number of carbonyl (C=O) groups is 2. The summed E-state index contributed by atoms with van der Waals surface area (Å²) in [7, 11) is 0. The maximum Gasteiger partial charge on any atom is 0.251 e. The molecule has 7 heteroatoms. The fourth-order valence-electron chi connectivity index (χ4n) is 3.37. The largest absolute Gasteiger partial charge is 0.354 e. The molecule has 1 aliphatic rings. The molecule has 7 nitrogen and oxygen atoms in total. The molecule has 1 atom stereocenters. The highest BCUT2D eigenvalue weighted by molar-refractivity contribution is 5.97. The molecule has 1 aromatic carbocycles. The van der Waals surface area contributed by atoms with Gasteiger partial charge in [-0.2, -0.15) is 0 Å². The van der Waals surface area contributed by atoms with Crippen LogP contribution in [-0.2, 0) is 11.2 Å². The molecule has 1 aromatic heterocycles. The van der Waals surface area contributed by atoms with Gasteiger partial charge in [-0.25, -0.2) is 0 Å². The van der Waals surface area contributed by atoms with Gasteiger partial charge in [-0.15, -0.1) is 0 Å². The number of amides is 2. The predicted octanol–water partition coefficient (Wildman–Crippen LogP) is 0.834. The van der Waals surface area contributed by atoms with Crippen LogP contribution in [-0.4, -0.2) is 67.0 Å². The van der Waals surface area contributed by atoms with Gasteiger partial charge in [0.2, 0.25) is 5.91 Å². The number of carbonyl (C=O) groups excluding carboxylic acids is 2. The first kappa shape index (κ1) is 21.0. The molecule has 1 unspecified atom stereocenters. The van der Waals surface area contributed by atoms with Crippen molar-refractivity contribution in [3.63, 3.8) is 0 Å². The van der Waals surface area contributed by atoms with Gasteiger partial charge in [0.15, 0.2) is 0 Å². The lowest BCUT2D eigenvalue weighted by Crippen LogP contribution is -2.49. The summed E-state index contributed by atoms with van der Waals surface area (Å²) in [4.78, 5) is 31.9. The van der Waals surface area contributed by atoms with Crippen molar-refractivity contribution >= 4 is 11.8 Å². The second kappa shape index (κ2) is 11.3. The van der Waals surface area contributed by atoms with Gasteiger partial charge in [0.25, 0.3) is 5.91 Å². The molecule has 0 aliphatic carbocycles. The van der Waals surface area contributed by atoms with E-state index in [2.05, 4.69) is 25.8 Å². The smallest absolute Gasteiger partial charge is 0.251 e. The number of aromatic nitrogens is 1. The van der Waals surface area contributed by atoms with Crippen LogP contribution in [0.15, 0.2) is 54.9 Å². The molecule has 0 radical (unpaired) electrons. The van der Waals surface area contributed by atoms with E-state index in [-0.39, 0.29) is 11.8 Å². The summed E-state index contributed by atoms with van der Waals surface area (Å²) >= 11 is 0. The third-order valence-corrected chi connectivity index (χ3v) is 4.98. The lowest BCUT2D eigenvalue weighted by Gasteiger charge is -2.27. The summed E-state index contributed by atoms with van der Waals surface area (Å²) in [5.74, 6) is -0.422. The second-order valence-electron chi connectivity index (χ2n) is 7.19. The lowest BCUT2D eigenvalue weighted by molar-refractivity contribution is -0.122. The number of pyridine rings is 1. The minimum absolute atomic E-state index is 0.168. The monoisotopic (exact) mass is 395 g/mol. The van der Waals surface area contributed by atoms with Crippen LogP contribution in [0, 0.1) is 0 Å². The van der Waals surface area contributed by atoms with Crippen LogP contribution in [0.2, 0.25) is 0 Å². The first-order chi connectivity index (χ1) is 14.2. The fraction of sp³-hybridized carbons (Fsp3) is 0.409. The summed E-state index contributed by atoms with van der Waals surface area (Å²) in [5.41, 5.74) is 1.44. The Kier molecular flexibility index (Phi) is 8.15. The van der Waals surface area contributed by atoms with Crippen molar-refractivity contribution in [2.45, 2.75) is 18.9 Å². The van der Waals surface area contributed by atoms with Gasteiger partial charge in [-0.05, 0) is 36.7 Å². The van der Waals surface area contributed by atoms with Crippen molar-refractivity contribution in [2.24, 2.45) is 0 Å². The molecule has 0 saturated carbocycles. The van der Waals surface area contributed by atoms with E-state index < -0.39 is 6.04 Å². The molecule has 2 heterocycles. The van der Waals surface area contributed by atoms with Crippen LogP contribution in [0.25, 0.3) is 0 Å². The lowest BCUT2D eigenvalue weighted by atomic mass is 10.1. The maximum absolute atomic E-state index is 12.8. The SMILES string of the molecule is O=C(NC(Cc1cccnc1)C(=O)NCCCN1CCNCC1)c1ccccc1. The molecule has 0 spiro atoms. The summed E-state index contributed by atoms with van der Waals surface area (Å²) in [6, 6.07) is 12.0. The summed E-state index contributed by atoms with van der Waals surface area (Å²) in [6.45, 7) is 5.69. The Bertz CT molecular complexity index is 763. The van der Waals surface area contributed by atoms with Crippen molar-refractivity contribution in [3.05, 3.63) is 66.0 Å². The molecule has 3 rings (SSSR count). The van der Waals surface area contributed by atoms with Crippen molar-refractivity contribution in [3.8, 4) is 0 Å². The van der Waals surface area contributed by atoms with E-state index in [4.69, 9.17) is 0 Å². The third kappa shape index (κ3) is 6.96. The molecular formula is C22H29N5O2. The van der Waals surface area contributed by atoms with Gasteiger partial charge in [0.05, 0.1) is 0 Å². The third-order valence-electron chi connectivity index (χ3n) is 4.98. The predicted molar refractivity (Wildman–Crippen MR) is 113 cm³/mol. The average Bonchev–Trinajstić information content (AvgIpc) is 2.78. The van der Waals surface area contributed by atoms with Gasteiger partial charge in [0, 0.05) is 57.1 Å². The second-order valence-corrected chi connectivity index (χ2v) is 7.19. The zero-order valence-corrected chi connectivity index (χ0v) is 16.6. The number of benzene rings is 1. The van der Waals surface area contributed by atoms with E-state index in [0.29, 0.717) is 18.5 Å². The number of hydrogen-bond acceptors (Lipinski definition) is 5. The molecule has 2 amide bonds. The Balaban J connectivity index is 1.54. The highest BCUT2D eigenvalue weighted by Gasteiger charge is 2.22. The highest BCUT2D eigenvalue weighted by Crippen LogP contribution is 2.05. The first-order valence-corrected chi connectivity index (χ1v) is 10.2. The number of nitrogens with zero attached hydrogens (tertiary/aromatic N) is 2. The van der Waals surface area contributed by atoms with E-state index in [1.807, 2.05) is 18.2 Å². The minimum Gasteiger partial charge on any atom is -0.354 e. The molecular weight excluding hydrogens is 366 g/mol. The molecule has 29 heavy (non-hydrogen) atoms. The topological polar surface area (TPSA) is 86.4 Å². The number of nitrogens with one attached hydrogen (secondary N) is 3. The Hall–Kier alpha value is -2.77. The molecule has 1 aliphatic heterocycles.